The number of hydrogen-bond donors (Lipinski definition) is 2. The number of nitrogens with zero attached hydrogens (tertiary/aromatic N) is 3. The second-order valence-corrected chi connectivity index (χ2v) is 5.82. The molecule has 3 N–H and O–H groups in total. The van der Waals surface area contributed by atoms with Crippen molar-refractivity contribution in [1.82, 2.24) is 10.1 Å². The van der Waals surface area contributed by atoms with Gasteiger partial charge in [-0.25, -0.2) is 4.99 Å². The minimum absolute atomic E-state index is 0.181. The van der Waals surface area contributed by atoms with Crippen molar-refractivity contribution < 1.29 is 9.26 Å². The van der Waals surface area contributed by atoms with Crippen LogP contribution in [-0.2, 0) is 12.0 Å². The van der Waals surface area contributed by atoms with E-state index >= 15 is 0 Å². The molecule has 7 nitrogen and oxygen atoms in total. The number of nitrogens with two attached hydrogens (primary N) is 1. The molecule has 0 spiro atoms. The van der Waals surface area contributed by atoms with Crippen LogP contribution < -0.4 is 15.8 Å². The van der Waals surface area contributed by atoms with Gasteiger partial charge in [0.2, 0.25) is 5.89 Å². The molecule has 1 heterocycles. The second kappa shape index (κ2) is 6.46. The van der Waals surface area contributed by atoms with Gasteiger partial charge in [-0.1, -0.05) is 32.0 Å². The van der Waals surface area contributed by atoms with Crippen LogP contribution in [0.5, 0.6) is 5.75 Å². The molecule has 0 radical (unpaired) electrons. The van der Waals surface area contributed by atoms with Crippen molar-refractivity contribution in [2.45, 2.75) is 32.7 Å². The maximum atomic E-state index is 5.85. The number of nitrogens with one attached hydrogen (secondary N) is 1. The smallest absolute Gasteiger partial charge is 0.232 e. The molecule has 0 saturated carbocycles. The van der Waals surface area contributed by atoms with Crippen molar-refractivity contribution in [3.63, 3.8) is 0 Å². The van der Waals surface area contributed by atoms with E-state index in [0.29, 0.717) is 11.7 Å². The van der Waals surface area contributed by atoms with Gasteiger partial charge in [0.15, 0.2) is 11.8 Å². The summed E-state index contributed by atoms with van der Waals surface area (Å²) in [6, 6.07) is 7.42. The van der Waals surface area contributed by atoms with Crippen molar-refractivity contribution in [3.05, 3.63) is 36.0 Å². The monoisotopic (exact) mass is 303 g/mol. The van der Waals surface area contributed by atoms with Crippen LogP contribution in [0, 0.1) is 0 Å². The van der Waals surface area contributed by atoms with Gasteiger partial charge in [0.25, 0.3) is 0 Å². The van der Waals surface area contributed by atoms with Crippen molar-refractivity contribution >= 4 is 11.6 Å². The summed E-state index contributed by atoms with van der Waals surface area (Å²) in [5, 5.41) is 6.88. The van der Waals surface area contributed by atoms with Crippen LogP contribution in [0.3, 0.4) is 0 Å². The molecule has 2 rings (SSSR count). The Morgan fingerprint density at radius 1 is 1.41 bits per heavy atom. The molecule has 0 aliphatic rings. The number of benzene rings is 1. The van der Waals surface area contributed by atoms with Gasteiger partial charge in [-0.15, -0.1) is 0 Å². The Kier molecular flexibility index (Phi) is 4.65. The molecule has 0 aliphatic heterocycles. The molecule has 0 bridgehead atoms. The van der Waals surface area contributed by atoms with Crippen LogP contribution in [0.4, 0.5) is 5.69 Å². The van der Waals surface area contributed by atoms with Crippen molar-refractivity contribution in [1.29, 1.82) is 0 Å². The highest BCUT2D eigenvalue weighted by Gasteiger charge is 2.21. The van der Waals surface area contributed by atoms with Crippen LogP contribution in [0.15, 0.2) is 33.8 Å². The summed E-state index contributed by atoms with van der Waals surface area (Å²) in [5.74, 6) is 2.10. The lowest BCUT2D eigenvalue weighted by atomic mass is 9.97. The fourth-order valence-corrected chi connectivity index (χ4v) is 1.67. The lowest BCUT2D eigenvalue weighted by molar-refractivity contribution is 0.318. The fourth-order valence-electron chi connectivity index (χ4n) is 1.67. The Morgan fingerprint density at radius 2 is 2.18 bits per heavy atom. The van der Waals surface area contributed by atoms with Crippen LogP contribution >= 0.6 is 0 Å². The third-order valence-electron chi connectivity index (χ3n) is 2.84. The molecule has 1 aromatic heterocycles. The quantitative estimate of drug-likeness (QED) is 0.664. The molecule has 118 valence electrons. The van der Waals surface area contributed by atoms with Gasteiger partial charge in [-0.3, -0.25) is 0 Å². The van der Waals surface area contributed by atoms with Gasteiger partial charge in [-0.2, -0.15) is 4.98 Å². The molecule has 0 atom stereocenters. The van der Waals surface area contributed by atoms with Crippen LogP contribution in [-0.4, -0.2) is 23.2 Å². The van der Waals surface area contributed by atoms with Gasteiger partial charge < -0.3 is 20.3 Å². The zero-order chi connectivity index (χ0) is 16.2. The van der Waals surface area contributed by atoms with Crippen LogP contribution in [0.2, 0.25) is 0 Å². The van der Waals surface area contributed by atoms with Gasteiger partial charge in [0.05, 0.1) is 7.11 Å². The van der Waals surface area contributed by atoms with E-state index in [1.807, 2.05) is 45.0 Å². The van der Waals surface area contributed by atoms with Gasteiger partial charge in [-0.05, 0) is 12.1 Å². The molecule has 0 saturated heterocycles. The van der Waals surface area contributed by atoms with Crippen molar-refractivity contribution in [3.8, 4) is 5.75 Å². The number of anilines is 1. The van der Waals surface area contributed by atoms with Gasteiger partial charge in [0, 0.05) is 17.2 Å². The minimum atomic E-state index is -0.181. The predicted molar refractivity (Wildman–Crippen MR) is 84.9 cm³/mol. The molecular formula is C15H21N5O2. The molecule has 0 amide bonds. The fraction of sp³-hybridized carbons (Fsp3) is 0.400. The van der Waals surface area contributed by atoms with Gasteiger partial charge in [0.1, 0.15) is 12.3 Å². The average molecular weight is 303 g/mol. The van der Waals surface area contributed by atoms with E-state index in [2.05, 4.69) is 20.4 Å². The number of aliphatic imine (C=N–C) groups is 1. The lowest BCUT2D eigenvalue weighted by Crippen LogP contribution is -2.22. The molecule has 2 aromatic rings. The standard InChI is InChI=1S/C15H21N5O2/c1-15(2,3)13-19-12(20-22-13)9-17-14(16)18-10-6-5-7-11(8-10)21-4/h5-8H,9H2,1-4H3,(H3,16,17,18). The molecule has 0 fully saturated rings. The molecule has 22 heavy (non-hydrogen) atoms. The van der Waals surface area contributed by atoms with E-state index in [1.165, 1.54) is 0 Å². The second-order valence-electron chi connectivity index (χ2n) is 5.82. The SMILES string of the molecule is COc1cccc(NC(N)=NCc2noc(C(C)(C)C)n2)c1. The summed E-state index contributed by atoms with van der Waals surface area (Å²) in [5.41, 5.74) is 6.46. The molecular weight excluding hydrogens is 282 g/mol. The number of guanidine groups is 1. The largest absolute Gasteiger partial charge is 0.497 e. The molecule has 0 unspecified atom stereocenters. The minimum Gasteiger partial charge on any atom is -0.497 e. The first-order valence-corrected chi connectivity index (χ1v) is 6.92. The Bertz CT molecular complexity index is 658. The Morgan fingerprint density at radius 3 is 2.82 bits per heavy atom. The summed E-state index contributed by atoms with van der Waals surface area (Å²) >= 11 is 0. The van der Waals surface area contributed by atoms with E-state index in [-0.39, 0.29) is 17.9 Å². The number of aromatic nitrogens is 2. The number of rotatable bonds is 4. The highest BCUT2D eigenvalue weighted by atomic mass is 16.5. The lowest BCUT2D eigenvalue weighted by Gasteiger charge is -2.10. The van der Waals surface area contributed by atoms with E-state index in [0.717, 1.165) is 11.4 Å². The average Bonchev–Trinajstić information content (AvgIpc) is 2.94. The van der Waals surface area contributed by atoms with E-state index in [4.69, 9.17) is 15.0 Å². The van der Waals surface area contributed by atoms with E-state index < -0.39 is 0 Å². The first-order valence-electron chi connectivity index (χ1n) is 6.92. The zero-order valence-corrected chi connectivity index (χ0v) is 13.3. The maximum Gasteiger partial charge on any atom is 0.232 e. The van der Waals surface area contributed by atoms with E-state index in [1.54, 1.807) is 7.11 Å². The third-order valence-corrected chi connectivity index (χ3v) is 2.84. The third kappa shape index (κ3) is 4.21. The highest BCUT2D eigenvalue weighted by molar-refractivity contribution is 5.92. The number of methoxy groups -OCH3 is 1. The number of hydrogen-bond acceptors (Lipinski definition) is 5. The summed E-state index contributed by atoms with van der Waals surface area (Å²) in [6.07, 6.45) is 0. The van der Waals surface area contributed by atoms with Crippen molar-refractivity contribution in [2.75, 3.05) is 12.4 Å². The first kappa shape index (κ1) is 15.8. The van der Waals surface area contributed by atoms with Crippen LogP contribution in [0.1, 0.15) is 32.5 Å². The summed E-state index contributed by atoms with van der Waals surface area (Å²) in [4.78, 5) is 8.50. The summed E-state index contributed by atoms with van der Waals surface area (Å²) in [7, 11) is 1.61. The Hall–Kier alpha value is -2.57. The molecule has 7 heteroatoms. The topological polar surface area (TPSA) is 98.6 Å². The summed E-state index contributed by atoms with van der Waals surface area (Å²) in [6.45, 7) is 6.27. The Labute approximate surface area is 129 Å². The number of ether oxygens (including phenoxy) is 1. The Balaban J connectivity index is 1.99. The summed E-state index contributed by atoms with van der Waals surface area (Å²) < 4.78 is 10.3. The molecule has 1 aromatic carbocycles. The van der Waals surface area contributed by atoms with Gasteiger partial charge >= 0.3 is 0 Å². The zero-order valence-electron chi connectivity index (χ0n) is 13.3. The van der Waals surface area contributed by atoms with Crippen LogP contribution in [0.25, 0.3) is 0 Å². The normalized spacial score (nSPS) is 12.3. The highest BCUT2D eigenvalue weighted by Crippen LogP contribution is 2.20. The van der Waals surface area contributed by atoms with E-state index in [9.17, 15) is 0 Å². The van der Waals surface area contributed by atoms with Crippen molar-refractivity contribution in [2.24, 2.45) is 10.7 Å². The maximum absolute atomic E-state index is 5.85. The first-order chi connectivity index (χ1) is 10.4. The molecule has 0 aliphatic carbocycles. The predicted octanol–water partition coefficient (Wildman–Crippen LogP) is 2.30.